The number of hydrogen-bond donors (Lipinski definition) is 1. The van der Waals surface area contributed by atoms with Crippen molar-refractivity contribution < 1.29 is 0 Å². The lowest BCUT2D eigenvalue weighted by molar-refractivity contribution is 0.604. The van der Waals surface area contributed by atoms with E-state index in [0.717, 1.165) is 12.8 Å². The number of nitrogens with zero attached hydrogens (tertiary/aromatic N) is 4. The predicted molar refractivity (Wildman–Crippen MR) is 67.2 cm³/mol. The Bertz CT molecular complexity index is 344. The molecule has 0 aliphatic rings. The van der Waals surface area contributed by atoms with E-state index in [9.17, 15) is 0 Å². The molecule has 1 heterocycles. The Morgan fingerprint density at radius 1 is 1.38 bits per heavy atom. The number of anilines is 2. The van der Waals surface area contributed by atoms with E-state index >= 15 is 0 Å². The van der Waals surface area contributed by atoms with Crippen LogP contribution in [-0.2, 0) is 0 Å². The minimum absolute atomic E-state index is 0.213. The molecule has 0 radical (unpaired) electrons. The van der Waals surface area contributed by atoms with Crippen LogP contribution in [0.5, 0.6) is 0 Å². The second-order valence-electron chi connectivity index (χ2n) is 3.73. The van der Waals surface area contributed by atoms with Crippen LogP contribution in [-0.4, -0.2) is 35.1 Å². The van der Waals surface area contributed by atoms with Crippen molar-refractivity contribution >= 4 is 23.5 Å². The third-order valence-electron chi connectivity index (χ3n) is 2.50. The minimum atomic E-state index is 0.213. The van der Waals surface area contributed by atoms with Gasteiger partial charge in [0.15, 0.2) is 0 Å². The van der Waals surface area contributed by atoms with E-state index in [1.54, 1.807) is 7.05 Å². The van der Waals surface area contributed by atoms with Gasteiger partial charge in [-0.05, 0) is 24.9 Å². The molecule has 0 saturated carbocycles. The molecule has 1 atom stereocenters. The Morgan fingerprint density at radius 2 is 2.06 bits per heavy atom. The molecule has 0 amide bonds. The zero-order valence-corrected chi connectivity index (χ0v) is 10.9. The third-order valence-corrected chi connectivity index (χ3v) is 2.67. The second-order valence-corrected chi connectivity index (χ2v) is 4.06. The van der Waals surface area contributed by atoms with E-state index in [-0.39, 0.29) is 5.28 Å². The summed E-state index contributed by atoms with van der Waals surface area (Å²) in [4.78, 5) is 14.3. The van der Waals surface area contributed by atoms with Gasteiger partial charge in [-0.1, -0.05) is 13.3 Å². The molecule has 6 heteroatoms. The molecule has 0 fully saturated rings. The molecule has 1 N–H and O–H groups in total. The quantitative estimate of drug-likeness (QED) is 0.859. The Balaban J connectivity index is 2.89. The monoisotopic (exact) mass is 243 g/mol. The van der Waals surface area contributed by atoms with Crippen molar-refractivity contribution in [1.82, 2.24) is 15.0 Å². The summed E-state index contributed by atoms with van der Waals surface area (Å²) < 4.78 is 0. The molecule has 0 aromatic carbocycles. The maximum Gasteiger partial charge on any atom is 0.231 e. The van der Waals surface area contributed by atoms with Crippen LogP contribution in [0.1, 0.15) is 26.7 Å². The van der Waals surface area contributed by atoms with Crippen LogP contribution in [0.3, 0.4) is 0 Å². The number of hydrogen-bond acceptors (Lipinski definition) is 5. The largest absolute Gasteiger partial charge is 0.357 e. The Morgan fingerprint density at radius 3 is 2.62 bits per heavy atom. The average Bonchev–Trinajstić information content (AvgIpc) is 2.27. The smallest absolute Gasteiger partial charge is 0.231 e. The lowest BCUT2D eigenvalue weighted by Gasteiger charge is -2.24. The van der Waals surface area contributed by atoms with E-state index in [1.165, 1.54) is 0 Å². The molecule has 1 aromatic heterocycles. The summed E-state index contributed by atoms with van der Waals surface area (Å²) in [6.45, 7) is 4.30. The summed E-state index contributed by atoms with van der Waals surface area (Å²) in [6.07, 6.45) is 2.22. The van der Waals surface area contributed by atoms with Crippen LogP contribution < -0.4 is 10.2 Å². The minimum Gasteiger partial charge on any atom is -0.357 e. The van der Waals surface area contributed by atoms with Crippen molar-refractivity contribution in [1.29, 1.82) is 0 Å². The molecule has 0 saturated heterocycles. The lowest BCUT2D eigenvalue weighted by atomic mass is 10.2. The zero-order valence-electron chi connectivity index (χ0n) is 10.2. The molecule has 1 aromatic rings. The summed E-state index contributed by atoms with van der Waals surface area (Å²) >= 11 is 5.83. The number of rotatable bonds is 5. The molecule has 0 bridgehead atoms. The summed E-state index contributed by atoms with van der Waals surface area (Å²) in [5, 5.41) is 3.07. The molecule has 90 valence electrons. The van der Waals surface area contributed by atoms with Gasteiger partial charge in [0, 0.05) is 20.1 Å². The van der Waals surface area contributed by atoms with E-state index in [1.807, 2.05) is 11.9 Å². The SMILES string of the molecule is CCCC(C)N(C)c1nc(Cl)nc(NC)n1. The van der Waals surface area contributed by atoms with Crippen LogP contribution in [0.15, 0.2) is 0 Å². The van der Waals surface area contributed by atoms with Gasteiger partial charge in [0.2, 0.25) is 17.2 Å². The van der Waals surface area contributed by atoms with Gasteiger partial charge in [0.25, 0.3) is 0 Å². The highest BCUT2D eigenvalue weighted by atomic mass is 35.5. The van der Waals surface area contributed by atoms with Gasteiger partial charge in [-0.15, -0.1) is 0 Å². The van der Waals surface area contributed by atoms with Crippen molar-refractivity contribution in [3.63, 3.8) is 0 Å². The molecule has 1 unspecified atom stereocenters. The summed E-state index contributed by atoms with van der Waals surface area (Å²) in [7, 11) is 3.72. The summed E-state index contributed by atoms with van der Waals surface area (Å²) in [5.74, 6) is 1.09. The topological polar surface area (TPSA) is 53.9 Å². The van der Waals surface area contributed by atoms with Gasteiger partial charge in [-0.25, -0.2) is 0 Å². The molecular weight excluding hydrogens is 226 g/mol. The van der Waals surface area contributed by atoms with Gasteiger partial charge >= 0.3 is 0 Å². The summed E-state index contributed by atoms with van der Waals surface area (Å²) in [5.41, 5.74) is 0. The van der Waals surface area contributed by atoms with Crippen LogP contribution in [0.2, 0.25) is 5.28 Å². The molecule has 16 heavy (non-hydrogen) atoms. The van der Waals surface area contributed by atoms with Crippen LogP contribution in [0, 0.1) is 0 Å². The maximum atomic E-state index is 5.83. The Kier molecular flexibility index (Phi) is 4.73. The first-order valence-corrected chi connectivity index (χ1v) is 5.78. The van der Waals surface area contributed by atoms with Crippen molar-refractivity contribution in [3.8, 4) is 0 Å². The Labute approximate surface area is 101 Å². The van der Waals surface area contributed by atoms with Gasteiger partial charge in [0.1, 0.15) is 0 Å². The first-order valence-electron chi connectivity index (χ1n) is 5.40. The van der Waals surface area contributed by atoms with Crippen molar-refractivity contribution in [2.75, 3.05) is 24.3 Å². The normalized spacial score (nSPS) is 12.3. The fourth-order valence-corrected chi connectivity index (χ4v) is 1.57. The van der Waals surface area contributed by atoms with Crippen LogP contribution >= 0.6 is 11.6 Å². The predicted octanol–water partition coefficient (Wildman–Crippen LogP) is 2.19. The van der Waals surface area contributed by atoms with Crippen molar-refractivity contribution in [3.05, 3.63) is 5.28 Å². The number of halogens is 1. The van der Waals surface area contributed by atoms with E-state index in [4.69, 9.17) is 11.6 Å². The highest BCUT2D eigenvalue weighted by Gasteiger charge is 2.13. The lowest BCUT2D eigenvalue weighted by Crippen LogP contribution is -2.30. The highest BCUT2D eigenvalue weighted by molar-refractivity contribution is 6.28. The molecule has 1 rings (SSSR count). The number of aromatic nitrogens is 3. The fraction of sp³-hybridized carbons (Fsp3) is 0.700. The average molecular weight is 244 g/mol. The Hall–Kier alpha value is -1.10. The van der Waals surface area contributed by atoms with E-state index in [0.29, 0.717) is 17.9 Å². The first-order chi connectivity index (χ1) is 7.58. The number of nitrogens with one attached hydrogen (secondary N) is 1. The standard InChI is InChI=1S/C10H18ClN5/c1-5-6-7(2)16(4)10-14-8(11)13-9(12-3)15-10/h7H,5-6H2,1-4H3,(H,12,13,14,15). The van der Waals surface area contributed by atoms with Crippen molar-refractivity contribution in [2.24, 2.45) is 0 Å². The maximum absolute atomic E-state index is 5.83. The first kappa shape index (κ1) is 13.0. The molecule has 0 aliphatic heterocycles. The van der Waals surface area contributed by atoms with Gasteiger partial charge in [-0.3, -0.25) is 0 Å². The zero-order chi connectivity index (χ0) is 12.1. The third kappa shape index (κ3) is 3.20. The van der Waals surface area contributed by atoms with Crippen LogP contribution in [0.25, 0.3) is 0 Å². The molecule has 0 spiro atoms. The summed E-state index contributed by atoms with van der Waals surface area (Å²) in [6, 6.07) is 0.383. The molecule has 0 aliphatic carbocycles. The van der Waals surface area contributed by atoms with Gasteiger partial charge in [-0.2, -0.15) is 15.0 Å². The highest BCUT2D eigenvalue weighted by Crippen LogP contribution is 2.16. The van der Waals surface area contributed by atoms with E-state index in [2.05, 4.69) is 34.1 Å². The van der Waals surface area contributed by atoms with Crippen LogP contribution in [0.4, 0.5) is 11.9 Å². The second kappa shape index (κ2) is 5.84. The fourth-order valence-electron chi connectivity index (χ4n) is 1.42. The van der Waals surface area contributed by atoms with Crippen molar-refractivity contribution in [2.45, 2.75) is 32.7 Å². The van der Waals surface area contributed by atoms with E-state index < -0.39 is 0 Å². The molecule has 5 nitrogen and oxygen atoms in total. The van der Waals surface area contributed by atoms with Gasteiger partial charge < -0.3 is 10.2 Å². The molecular formula is C10H18ClN5. The van der Waals surface area contributed by atoms with Gasteiger partial charge in [0.05, 0.1) is 0 Å².